The standard InChI is InChI=1S/C20H35N5O2.HI/c1-15-10-18(26-6)19(27-7)11-16(15)13-25(5)20(21-2)22-12-17-14-23(3)8-9-24(17)4;/h10-11,17H,8-9,12-14H2,1-7H3,(H,21,22);1H. The topological polar surface area (TPSA) is 52.6 Å². The SMILES string of the molecule is CN=C(NCC1CN(C)CCN1C)N(C)Cc1cc(OC)c(OC)cc1C.I. The Morgan fingerprint density at radius 3 is 2.46 bits per heavy atom. The predicted octanol–water partition coefficient (Wildman–Crippen LogP) is 1.88. The van der Waals surface area contributed by atoms with Crippen LogP contribution in [0.5, 0.6) is 11.5 Å². The van der Waals surface area contributed by atoms with Gasteiger partial charge in [-0.3, -0.25) is 9.89 Å². The van der Waals surface area contributed by atoms with Crippen molar-refractivity contribution in [2.75, 3.05) is 68.6 Å². The van der Waals surface area contributed by atoms with E-state index in [1.165, 1.54) is 11.1 Å². The van der Waals surface area contributed by atoms with Crippen LogP contribution in [0.3, 0.4) is 0 Å². The van der Waals surface area contributed by atoms with Crippen LogP contribution in [0.1, 0.15) is 11.1 Å². The van der Waals surface area contributed by atoms with Crippen LogP contribution < -0.4 is 14.8 Å². The molecule has 1 aliphatic heterocycles. The first-order chi connectivity index (χ1) is 12.9. The minimum absolute atomic E-state index is 0. The molecular formula is C20H36IN5O2. The number of likely N-dealkylation sites (N-methyl/N-ethyl adjacent to an activating group) is 2. The highest BCUT2D eigenvalue weighted by Crippen LogP contribution is 2.30. The van der Waals surface area contributed by atoms with E-state index in [0.29, 0.717) is 6.04 Å². The van der Waals surface area contributed by atoms with Crippen molar-refractivity contribution >= 4 is 29.9 Å². The third kappa shape index (κ3) is 6.38. The molecule has 0 bridgehead atoms. The molecule has 2 rings (SSSR count). The zero-order valence-electron chi connectivity index (χ0n) is 18.3. The Labute approximate surface area is 187 Å². The number of rotatable bonds is 6. The van der Waals surface area contributed by atoms with E-state index in [1.54, 1.807) is 14.2 Å². The van der Waals surface area contributed by atoms with E-state index >= 15 is 0 Å². The first-order valence-electron chi connectivity index (χ1n) is 9.41. The second kappa shape index (κ2) is 11.7. The van der Waals surface area contributed by atoms with Crippen molar-refractivity contribution in [3.8, 4) is 11.5 Å². The molecule has 1 unspecified atom stereocenters. The van der Waals surface area contributed by atoms with Gasteiger partial charge in [0.05, 0.1) is 14.2 Å². The monoisotopic (exact) mass is 505 g/mol. The van der Waals surface area contributed by atoms with Crippen molar-refractivity contribution in [2.24, 2.45) is 4.99 Å². The number of nitrogens with zero attached hydrogens (tertiary/aromatic N) is 4. The molecule has 8 heteroatoms. The molecule has 1 N–H and O–H groups in total. The summed E-state index contributed by atoms with van der Waals surface area (Å²) in [6.07, 6.45) is 0. The number of nitrogens with one attached hydrogen (secondary N) is 1. The zero-order chi connectivity index (χ0) is 20.0. The normalized spacial score (nSPS) is 18.4. The van der Waals surface area contributed by atoms with Crippen LogP contribution in [0.25, 0.3) is 0 Å². The fourth-order valence-electron chi connectivity index (χ4n) is 3.44. The summed E-state index contributed by atoms with van der Waals surface area (Å²) in [7, 11) is 11.6. The van der Waals surface area contributed by atoms with Gasteiger partial charge in [0.2, 0.25) is 0 Å². The molecule has 1 aromatic rings. The predicted molar refractivity (Wildman–Crippen MR) is 126 cm³/mol. The molecule has 1 aromatic carbocycles. The maximum Gasteiger partial charge on any atom is 0.193 e. The number of benzene rings is 1. The highest BCUT2D eigenvalue weighted by atomic mass is 127. The Bertz CT molecular complexity index is 656. The van der Waals surface area contributed by atoms with E-state index in [4.69, 9.17) is 9.47 Å². The fourth-order valence-corrected chi connectivity index (χ4v) is 3.44. The summed E-state index contributed by atoms with van der Waals surface area (Å²) < 4.78 is 10.8. The van der Waals surface area contributed by atoms with Crippen molar-refractivity contribution in [3.63, 3.8) is 0 Å². The number of ether oxygens (including phenoxy) is 2. The first-order valence-corrected chi connectivity index (χ1v) is 9.41. The van der Waals surface area contributed by atoms with Crippen LogP contribution in [0.15, 0.2) is 17.1 Å². The van der Waals surface area contributed by atoms with Gasteiger partial charge in [-0.25, -0.2) is 0 Å². The number of methoxy groups -OCH3 is 2. The zero-order valence-corrected chi connectivity index (χ0v) is 20.6. The lowest BCUT2D eigenvalue weighted by molar-refractivity contribution is 0.116. The minimum Gasteiger partial charge on any atom is -0.493 e. The molecule has 0 saturated carbocycles. The number of halogens is 1. The van der Waals surface area contributed by atoms with Gasteiger partial charge in [-0.1, -0.05) is 0 Å². The van der Waals surface area contributed by atoms with E-state index in [2.05, 4.69) is 53.1 Å². The van der Waals surface area contributed by atoms with Gasteiger partial charge in [0.15, 0.2) is 17.5 Å². The number of piperazine rings is 1. The van der Waals surface area contributed by atoms with Gasteiger partial charge in [-0.05, 0) is 44.3 Å². The summed E-state index contributed by atoms with van der Waals surface area (Å²) >= 11 is 0. The lowest BCUT2D eigenvalue weighted by Crippen LogP contribution is -2.55. The number of aryl methyl sites for hydroxylation is 1. The maximum absolute atomic E-state index is 5.45. The lowest BCUT2D eigenvalue weighted by Gasteiger charge is -2.38. The van der Waals surface area contributed by atoms with Crippen molar-refractivity contribution in [1.82, 2.24) is 20.0 Å². The summed E-state index contributed by atoms with van der Waals surface area (Å²) in [5.41, 5.74) is 2.36. The van der Waals surface area contributed by atoms with Gasteiger partial charge in [0, 0.05) is 52.9 Å². The molecule has 0 amide bonds. The fraction of sp³-hybridized carbons (Fsp3) is 0.650. The Morgan fingerprint density at radius 2 is 1.86 bits per heavy atom. The molecule has 1 aliphatic rings. The van der Waals surface area contributed by atoms with Crippen LogP contribution >= 0.6 is 24.0 Å². The Morgan fingerprint density at radius 1 is 1.21 bits per heavy atom. The average molecular weight is 505 g/mol. The van der Waals surface area contributed by atoms with Crippen molar-refractivity contribution in [3.05, 3.63) is 23.3 Å². The first kappa shape index (κ1) is 24.8. The molecule has 28 heavy (non-hydrogen) atoms. The Hall–Kier alpha value is -1.26. The number of hydrogen-bond donors (Lipinski definition) is 1. The van der Waals surface area contributed by atoms with Gasteiger partial charge in [-0.2, -0.15) is 0 Å². The second-order valence-electron chi connectivity index (χ2n) is 7.31. The molecule has 0 radical (unpaired) electrons. The van der Waals surface area contributed by atoms with Crippen LogP contribution in [0, 0.1) is 6.92 Å². The largest absolute Gasteiger partial charge is 0.493 e. The van der Waals surface area contributed by atoms with E-state index in [9.17, 15) is 0 Å². The molecule has 0 aliphatic carbocycles. The van der Waals surface area contributed by atoms with Crippen LogP contribution in [-0.4, -0.2) is 95.3 Å². The second-order valence-corrected chi connectivity index (χ2v) is 7.31. The summed E-state index contributed by atoms with van der Waals surface area (Å²) in [6, 6.07) is 4.55. The van der Waals surface area contributed by atoms with Crippen LogP contribution in [0.2, 0.25) is 0 Å². The molecular weight excluding hydrogens is 469 g/mol. The molecule has 0 aromatic heterocycles. The summed E-state index contributed by atoms with van der Waals surface area (Å²) in [5.74, 6) is 2.40. The van der Waals surface area contributed by atoms with Gasteiger partial charge in [0.1, 0.15) is 0 Å². The Kier molecular flexibility index (Phi) is 10.3. The van der Waals surface area contributed by atoms with Gasteiger partial charge < -0.3 is 24.6 Å². The van der Waals surface area contributed by atoms with E-state index in [-0.39, 0.29) is 24.0 Å². The maximum atomic E-state index is 5.45. The Balaban J connectivity index is 0.00000392. The molecule has 1 fully saturated rings. The molecule has 1 heterocycles. The third-order valence-corrected chi connectivity index (χ3v) is 5.30. The lowest BCUT2D eigenvalue weighted by atomic mass is 10.1. The van der Waals surface area contributed by atoms with E-state index in [0.717, 1.165) is 50.2 Å². The highest BCUT2D eigenvalue weighted by Gasteiger charge is 2.22. The van der Waals surface area contributed by atoms with E-state index < -0.39 is 0 Å². The van der Waals surface area contributed by atoms with Crippen molar-refractivity contribution in [2.45, 2.75) is 19.5 Å². The van der Waals surface area contributed by atoms with Crippen LogP contribution in [0.4, 0.5) is 0 Å². The van der Waals surface area contributed by atoms with Crippen molar-refractivity contribution in [1.29, 1.82) is 0 Å². The third-order valence-electron chi connectivity index (χ3n) is 5.30. The van der Waals surface area contributed by atoms with Gasteiger partial charge in [-0.15, -0.1) is 24.0 Å². The molecule has 7 nitrogen and oxygen atoms in total. The van der Waals surface area contributed by atoms with Gasteiger partial charge >= 0.3 is 0 Å². The number of guanidine groups is 1. The molecule has 1 saturated heterocycles. The van der Waals surface area contributed by atoms with Crippen LogP contribution in [-0.2, 0) is 6.54 Å². The molecule has 0 spiro atoms. The number of aliphatic imine (C=N–C) groups is 1. The minimum atomic E-state index is 0. The summed E-state index contributed by atoms with van der Waals surface area (Å²) in [6.45, 7) is 7.00. The van der Waals surface area contributed by atoms with E-state index in [1.807, 2.05) is 19.2 Å². The molecule has 1 atom stereocenters. The molecule has 160 valence electrons. The quantitative estimate of drug-likeness (QED) is 0.362. The highest BCUT2D eigenvalue weighted by molar-refractivity contribution is 14.0. The number of hydrogen-bond acceptors (Lipinski definition) is 5. The average Bonchev–Trinajstić information content (AvgIpc) is 2.66. The summed E-state index contributed by atoms with van der Waals surface area (Å²) in [5, 5.41) is 3.53. The smallest absolute Gasteiger partial charge is 0.193 e. The summed E-state index contributed by atoms with van der Waals surface area (Å²) in [4.78, 5) is 11.4. The van der Waals surface area contributed by atoms with Gasteiger partial charge in [0.25, 0.3) is 0 Å². The van der Waals surface area contributed by atoms with Crippen molar-refractivity contribution < 1.29 is 9.47 Å².